The van der Waals surface area contributed by atoms with E-state index >= 15 is 0 Å². The first-order chi connectivity index (χ1) is 21.5. The summed E-state index contributed by atoms with van der Waals surface area (Å²) in [5.74, 6) is -0.269. The highest BCUT2D eigenvalue weighted by molar-refractivity contribution is 5.98. The van der Waals surface area contributed by atoms with Gasteiger partial charge in [0.1, 0.15) is 6.10 Å². The highest BCUT2D eigenvalue weighted by atomic mass is 16.4. The molecule has 1 aliphatic heterocycles. The summed E-state index contributed by atoms with van der Waals surface area (Å²) >= 11 is 0. The van der Waals surface area contributed by atoms with Crippen molar-refractivity contribution in [3.63, 3.8) is 0 Å². The fourth-order valence-electron chi connectivity index (χ4n) is 6.08. The number of hydrogen-bond donors (Lipinski definition) is 2. The molecule has 0 aliphatic carbocycles. The van der Waals surface area contributed by atoms with E-state index < -0.39 is 18.2 Å². The van der Waals surface area contributed by atoms with Gasteiger partial charge in [0.15, 0.2) is 5.69 Å². The molecular weight excluding hydrogens is 552 g/mol. The van der Waals surface area contributed by atoms with E-state index in [9.17, 15) is 19.8 Å². The van der Waals surface area contributed by atoms with E-state index in [1.54, 1.807) is 11.2 Å². The predicted molar refractivity (Wildman–Crippen MR) is 168 cm³/mol. The van der Waals surface area contributed by atoms with E-state index in [2.05, 4.69) is 0 Å². The van der Waals surface area contributed by atoms with Crippen molar-refractivity contribution in [1.29, 1.82) is 0 Å². The summed E-state index contributed by atoms with van der Waals surface area (Å²) in [6, 6.07) is 37.7. The third kappa shape index (κ3) is 5.98. The molecule has 1 fully saturated rings. The Bertz CT molecular complexity index is 1690. The van der Waals surface area contributed by atoms with Gasteiger partial charge in [-0.1, -0.05) is 121 Å². The van der Waals surface area contributed by atoms with Gasteiger partial charge in [0, 0.05) is 25.2 Å². The number of imidazole rings is 1. The Kier molecular flexibility index (Phi) is 8.52. The monoisotopic (exact) mass is 586 g/mol. The zero-order valence-electron chi connectivity index (χ0n) is 24.2. The number of carbonyl (C=O) groups is 2. The first-order valence-corrected chi connectivity index (χ1v) is 14.7. The molecule has 0 spiro atoms. The Morgan fingerprint density at radius 2 is 1.34 bits per heavy atom. The highest BCUT2D eigenvalue weighted by Crippen LogP contribution is 2.38. The van der Waals surface area contributed by atoms with Crippen molar-refractivity contribution in [2.24, 2.45) is 0 Å². The molecule has 0 radical (unpaired) electrons. The van der Waals surface area contributed by atoms with Crippen LogP contribution in [0.15, 0.2) is 128 Å². The molecule has 2 heterocycles. The predicted octanol–water partition coefficient (Wildman–Crippen LogP) is 5.92. The Labute approximate surface area is 256 Å². The van der Waals surface area contributed by atoms with E-state index in [-0.39, 0.29) is 37.3 Å². The van der Waals surface area contributed by atoms with Crippen molar-refractivity contribution < 1.29 is 19.8 Å². The van der Waals surface area contributed by atoms with E-state index in [0.29, 0.717) is 12.1 Å². The number of aliphatic hydroxyl groups excluding tert-OH is 1. The van der Waals surface area contributed by atoms with Crippen LogP contribution in [0.3, 0.4) is 0 Å². The van der Waals surface area contributed by atoms with Crippen LogP contribution in [-0.2, 0) is 6.42 Å². The van der Waals surface area contributed by atoms with Crippen molar-refractivity contribution in [1.82, 2.24) is 19.4 Å². The molecular formula is C36H34N4O4. The largest absolute Gasteiger partial charge is 0.465 e. The minimum absolute atomic E-state index is 0.205. The summed E-state index contributed by atoms with van der Waals surface area (Å²) in [7, 11) is 0. The fourth-order valence-corrected chi connectivity index (χ4v) is 6.08. The Balaban J connectivity index is 1.45. The van der Waals surface area contributed by atoms with Crippen LogP contribution in [0.1, 0.15) is 39.3 Å². The molecule has 5 aromatic rings. The van der Waals surface area contributed by atoms with Gasteiger partial charge in [-0.05, 0) is 23.1 Å². The van der Waals surface area contributed by atoms with Crippen LogP contribution in [0.2, 0.25) is 0 Å². The van der Waals surface area contributed by atoms with Crippen LogP contribution in [0.5, 0.6) is 0 Å². The van der Waals surface area contributed by atoms with Gasteiger partial charge in [0.25, 0.3) is 5.91 Å². The maximum absolute atomic E-state index is 14.5. The van der Waals surface area contributed by atoms with E-state index in [4.69, 9.17) is 4.98 Å². The number of carbonyl (C=O) groups excluding carboxylic acids is 1. The smallest absolute Gasteiger partial charge is 0.407 e. The molecule has 1 aromatic heterocycles. The van der Waals surface area contributed by atoms with Crippen molar-refractivity contribution in [3.05, 3.63) is 150 Å². The van der Waals surface area contributed by atoms with Gasteiger partial charge >= 0.3 is 6.09 Å². The van der Waals surface area contributed by atoms with Crippen molar-refractivity contribution in [2.75, 3.05) is 19.6 Å². The number of piperazine rings is 1. The number of rotatable bonds is 8. The third-order valence-corrected chi connectivity index (χ3v) is 8.25. The summed E-state index contributed by atoms with van der Waals surface area (Å²) in [5.41, 5.74) is 4.28. The second-order valence-corrected chi connectivity index (χ2v) is 11.0. The lowest BCUT2D eigenvalue weighted by molar-refractivity contribution is 0.0447. The number of aromatic nitrogens is 2. The minimum atomic E-state index is -0.995. The maximum Gasteiger partial charge on any atom is 0.407 e. The summed E-state index contributed by atoms with van der Waals surface area (Å²) in [5, 5.41) is 21.6. The van der Waals surface area contributed by atoms with Crippen molar-refractivity contribution in [3.8, 4) is 11.3 Å². The van der Waals surface area contributed by atoms with E-state index in [1.807, 2.05) is 126 Å². The molecule has 0 bridgehead atoms. The Hall–Kier alpha value is -5.21. The maximum atomic E-state index is 14.5. The molecule has 1 saturated heterocycles. The third-order valence-electron chi connectivity index (χ3n) is 8.25. The molecule has 4 aromatic carbocycles. The SMILES string of the molecule is O=C(O)N1CCN(C(=O)c2ncn([C@H](c3ccccc3)[C@H](O)c3ccccc3)c2-c2ccccc2)[C@H](Cc2ccccc2)C1. The quantitative estimate of drug-likeness (QED) is 0.235. The van der Waals surface area contributed by atoms with Gasteiger partial charge in [0.2, 0.25) is 0 Å². The topological polar surface area (TPSA) is 98.9 Å². The van der Waals surface area contributed by atoms with Gasteiger partial charge in [0.05, 0.1) is 24.1 Å². The number of amides is 2. The van der Waals surface area contributed by atoms with Crippen LogP contribution in [0, 0.1) is 0 Å². The molecule has 0 saturated carbocycles. The summed E-state index contributed by atoms with van der Waals surface area (Å²) < 4.78 is 1.90. The first-order valence-electron chi connectivity index (χ1n) is 14.7. The second-order valence-electron chi connectivity index (χ2n) is 11.0. The molecule has 44 heavy (non-hydrogen) atoms. The molecule has 0 unspecified atom stereocenters. The number of aliphatic hydroxyl groups is 1. The molecule has 8 nitrogen and oxygen atoms in total. The van der Waals surface area contributed by atoms with Gasteiger partial charge < -0.3 is 24.6 Å². The molecule has 2 amide bonds. The van der Waals surface area contributed by atoms with E-state index in [1.165, 1.54) is 4.90 Å². The van der Waals surface area contributed by atoms with E-state index in [0.717, 1.165) is 22.3 Å². The molecule has 222 valence electrons. The van der Waals surface area contributed by atoms with Crippen LogP contribution in [-0.4, -0.2) is 67.2 Å². The summed E-state index contributed by atoms with van der Waals surface area (Å²) in [4.78, 5) is 34.3. The average Bonchev–Trinajstić information content (AvgIpc) is 3.51. The lowest BCUT2D eigenvalue weighted by atomic mass is 9.94. The molecule has 2 N–H and O–H groups in total. The van der Waals surface area contributed by atoms with Gasteiger partial charge in [-0.25, -0.2) is 9.78 Å². The molecule has 1 aliphatic rings. The zero-order chi connectivity index (χ0) is 30.5. The Morgan fingerprint density at radius 1 is 0.773 bits per heavy atom. The van der Waals surface area contributed by atoms with Crippen LogP contribution in [0.25, 0.3) is 11.3 Å². The van der Waals surface area contributed by atoms with Crippen LogP contribution >= 0.6 is 0 Å². The highest BCUT2D eigenvalue weighted by Gasteiger charge is 2.37. The van der Waals surface area contributed by atoms with Crippen molar-refractivity contribution in [2.45, 2.75) is 24.6 Å². The molecule has 3 atom stereocenters. The average molecular weight is 587 g/mol. The lowest BCUT2D eigenvalue weighted by Crippen LogP contribution is -2.57. The second kappa shape index (κ2) is 13.0. The molecule has 6 rings (SSSR count). The normalized spacial score (nSPS) is 16.3. The van der Waals surface area contributed by atoms with Crippen LogP contribution in [0.4, 0.5) is 4.79 Å². The first kappa shape index (κ1) is 28.9. The standard InChI is InChI=1S/C36H34N4O4/c41-34(29-19-11-4-12-20-29)33(28-17-9-3-10-18-28)40-25-37-31(32(40)27-15-7-2-8-16-27)35(42)39-22-21-38(36(43)44)24-30(39)23-26-13-5-1-6-14-26/h1-20,25,30,33-34,41H,21-24H2,(H,43,44)/t30-,33-,34-/m1/s1. The Morgan fingerprint density at radius 3 is 1.95 bits per heavy atom. The summed E-state index contributed by atoms with van der Waals surface area (Å²) in [6.07, 6.45) is 0.226. The van der Waals surface area contributed by atoms with Gasteiger partial charge in [-0.3, -0.25) is 4.79 Å². The number of hydrogen-bond acceptors (Lipinski definition) is 4. The van der Waals surface area contributed by atoms with Gasteiger partial charge in [-0.15, -0.1) is 0 Å². The zero-order valence-corrected chi connectivity index (χ0v) is 24.2. The van der Waals surface area contributed by atoms with Gasteiger partial charge in [-0.2, -0.15) is 0 Å². The van der Waals surface area contributed by atoms with Crippen molar-refractivity contribution >= 4 is 12.0 Å². The number of carboxylic acid groups (broad SMARTS) is 1. The lowest BCUT2D eigenvalue weighted by Gasteiger charge is -2.40. The fraction of sp³-hybridized carbons (Fsp3) is 0.194. The number of benzene rings is 4. The minimum Gasteiger partial charge on any atom is -0.465 e. The molecule has 8 heteroatoms. The number of nitrogens with zero attached hydrogens (tertiary/aromatic N) is 4. The summed E-state index contributed by atoms with van der Waals surface area (Å²) in [6.45, 7) is 0.669. The van der Waals surface area contributed by atoms with Crippen LogP contribution < -0.4 is 0 Å².